The number of rotatable bonds is 13. The van der Waals surface area contributed by atoms with Crippen molar-refractivity contribution in [3.8, 4) is 0 Å². The fourth-order valence-corrected chi connectivity index (χ4v) is 6.50. The summed E-state index contributed by atoms with van der Waals surface area (Å²) in [4.78, 5) is 77.6. The average molecular weight is 643 g/mol. The maximum absolute atomic E-state index is 13.7. The fourth-order valence-electron chi connectivity index (χ4n) is 5.24. The van der Waals surface area contributed by atoms with Crippen LogP contribution in [0.5, 0.6) is 0 Å². The monoisotopic (exact) mass is 642 g/mol. The molecule has 3 unspecified atom stereocenters. The largest absolute Gasteiger partial charge is 0.481 e. The van der Waals surface area contributed by atoms with E-state index in [-0.39, 0.29) is 49.8 Å². The predicted octanol–water partition coefficient (Wildman–Crippen LogP) is 2.75. The minimum absolute atomic E-state index is 0.00297. The Labute approximate surface area is 264 Å². The number of ketones is 1. The van der Waals surface area contributed by atoms with Crippen LogP contribution in [0.3, 0.4) is 0 Å². The molecule has 0 spiro atoms. The molecule has 2 saturated heterocycles. The molecule has 44 heavy (non-hydrogen) atoms. The van der Waals surface area contributed by atoms with Crippen LogP contribution in [0.2, 0.25) is 5.02 Å². The highest BCUT2D eigenvalue weighted by Crippen LogP contribution is 2.26. The molecule has 234 valence electrons. The summed E-state index contributed by atoms with van der Waals surface area (Å²) in [6, 6.07) is 13.1. The van der Waals surface area contributed by atoms with Crippen LogP contribution in [0.15, 0.2) is 54.6 Å². The van der Waals surface area contributed by atoms with Crippen molar-refractivity contribution in [3.63, 3.8) is 0 Å². The Morgan fingerprint density at radius 1 is 1.02 bits per heavy atom. The Bertz CT molecular complexity index is 1390. The number of nitrogens with zero attached hydrogens (tertiary/aromatic N) is 2. The van der Waals surface area contributed by atoms with Crippen LogP contribution in [-0.2, 0) is 40.9 Å². The summed E-state index contributed by atoms with van der Waals surface area (Å²) in [5.41, 5.74) is 1.79. The molecule has 0 bridgehead atoms. The molecule has 2 aliphatic heterocycles. The molecular weight excluding hydrogens is 608 g/mol. The van der Waals surface area contributed by atoms with Crippen molar-refractivity contribution in [1.29, 1.82) is 0 Å². The van der Waals surface area contributed by atoms with Gasteiger partial charge in [-0.1, -0.05) is 60.1 Å². The molecular formula is C31H35ClN4O7S. The summed E-state index contributed by atoms with van der Waals surface area (Å²) in [5, 5.41) is 17.6. The Hall–Kier alpha value is -3.90. The number of amides is 4. The van der Waals surface area contributed by atoms with Crippen LogP contribution in [0.25, 0.3) is 0 Å². The number of halogens is 1. The summed E-state index contributed by atoms with van der Waals surface area (Å²) in [5.74, 6) is -3.46. The third-order valence-electron chi connectivity index (χ3n) is 7.53. The van der Waals surface area contributed by atoms with Crippen LogP contribution in [0, 0.1) is 0 Å². The number of carbonyl (C=O) groups is 6. The smallest absolute Gasteiger partial charge is 0.305 e. The Kier molecular flexibility index (Phi) is 11.8. The maximum Gasteiger partial charge on any atom is 0.305 e. The van der Waals surface area contributed by atoms with Crippen molar-refractivity contribution >= 4 is 58.7 Å². The number of Topliss-reactive ketones (excluding diaryl/α,β-unsaturated/α-hetero) is 1. The summed E-state index contributed by atoms with van der Waals surface area (Å²) in [6.07, 6.45) is 0.687. The average Bonchev–Trinajstić information content (AvgIpc) is 3.13. The first kappa shape index (κ1) is 33.0. The predicted molar refractivity (Wildman–Crippen MR) is 164 cm³/mol. The van der Waals surface area contributed by atoms with Crippen molar-refractivity contribution < 1.29 is 33.9 Å². The molecule has 4 rings (SSSR count). The number of hydrazine groups is 1. The fraction of sp³-hybridized carbons (Fsp3) is 0.419. The molecule has 13 heteroatoms. The summed E-state index contributed by atoms with van der Waals surface area (Å²) in [7, 11) is 0. The Morgan fingerprint density at radius 3 is 2.48 bits per heavy atom. The maximum atomic E-state index is 13.7. The number of aryl methyl sites for hydroxylation is 1. The highest BCUT2D eigenvalue weighted by Gasteiger charge is 2.45. The minimum atomic E-state index is -1.33. The van der Waals surface area contributed by atoms with Crippen LogP contribution in [0.4, 0.5) is 0 Å². The SMILES string of the molecule is O=C(O)CC(NC(=O)C1CCCN2C(=O)CCC(NC(=O)CCc3ccccc3)C(=O)N12)C(=O)CSCc1ccccc1Cl. The standard InChI is InChI=1S/C31H35ClN4O7S/c32-22-10-5-4-9-21(22)18-44-19-26(37)24(17-29(40)41)34-30(42)25-11-6-16-35-28(39)15-13-23(31(43)36(25)35)33-27(38)14-12-20-7-2-1-3-8-20/h1-5,7-10,23-25H,6,11-19H2,(H,33,38)(H,34,42)(H,40,41). The van der Waals surface area contributed by atoms with Gasteiger partial charge in [0.2, 0.25) is 17.7 Å². The summed E-state index contributed by atoms with van der Waals surface area (Å²) < 4.78 is 0. The van der Waals surface area contributed by atoms with Crippen LogP contribution < -0.4 is 10.6 Å². The number of hydrogen-bond donors (Lipinski definition) is 3. The molecule has 0 aromatic heterocycles. The zero-order valence-electron chi connectivity index (χ0n) is 24.1. The van der Waals surface area contributed by atoms with Gasteiger partial charge in [0.05, 0.1) is 18.2 Å². The van der Waals surface area contributed by atoms with Gasteiger partial charge in [-0.25, -0.2) is 5.01 Å². The highest BCUT2D eigenvalue weighted by atomic mass is 35.5. The van der Waals surface area contributed by atoms with Gasteiger partial charge in [-0.15, -0.1) is 11.8 Å². The van der Waals surface area contributed by atoms with Gasteiger partial charge >= 0.3 is 5.97 Å². The lowest BCUT2D eigenvalue weighted by molar-refractivity contribution is -0.176. The van der Waals surface area contributed by atoms with E-state index in [0.717, 1.165) is 16.1 Å². The molecule has 3 atom stereocenters. The van der Waals surface area contributed by atoms with Crippen molar-refractivity contribution in [2.45, 2.75) is 68.8 Å². The number of carbonyl (C=O) groups excluding carboxylic acids is 5. The second kappa shape index (κ2) is 15.7. The first-order chi connectivity index (χ1) is 21.1. The summed E-state index contributed by atoms with van der Waals surface area (Å²) >= 11 is 7.42. The van der Waals surface area contributed by atoms with Crippen molar-refractivity contribution in [2.75, 3.05) is 12.3 Å². The molecule has 2 aromatic carbocycles. The molecule has 0 aliphatic carbocycles. The van der Waals surface area contributed by atoms with Gasteiger partial charge in [-0.05, 0) is 42.9 Å². The molecule has 0 saturated carbocycles. The zero-order valence-corrected chi connectivity index (χ0v) is 25.6. The van der Waals surface area contributed by atoms with E-state index >= 15 is 0 Å². The molecule has 11 nitrogen and oxygen atoms in total. The summed E-state index contributed by atoms with van der Waals surface area (Å²) in [6.45, 7) is 0.221. The lowest BCUT2D eigenvalue weighted by Crippen LogP contribution is -2.64. The molecule has 2 aromatic rings. The first-order valence-electron chi connectivity index (χ1n) is 14.5. The third-order valence-corrected chi connectivity index (χ3v) is 8.90. The highest BCUT2D eigenvalue weighted by molar-refractivity contribution is 7.99. The van der Waals surface area contributed by atoms with Gasteiger partial charge in [0, 0.05) is 30.2 Å². The quantitative estimate of drug-likeness (QED) is 0.302. The van der Waals surface area contributed by atoms with Crippen molar-refractivity contribution in [1.82, 2.24) is 20.7 Å². The number of fused-ring (bicyclic) bond motifs is 1. The number of carboxylic acids is 1. The molecule has 2 fully saturated rings. The van der Waals surface area contributed by atoms with E-state index in [1.54, 1.807) is 12.1 Å². The van der Waals surface area contributed by atoms with E-state index in [9.17, 15) is 33.9 Å². The lowest BCUT2D eigenvalue weighted by Gasteiger charge is -2.43. The van der Waals surface area contributed by atoms with E-state index < -0.39 is 48.1 Å². The van der Waals surface area contributed by atoms with Crippen molar-refractivity contribution in [2.24, 2.45) is 0 Å². The van der Waals surface area contributed by atoms with E-state index in [0.29, 0.717) is 23.6 Å². The van der Waals surface area contributed by atoms with E-state index in [2.05, 4.69) is 10.6 Å². The molecule has 0 radical (unpaired) electrons. The molecule has 4 amide bonds. The number of nitrogens with one attached hydrogen (secondary N) is 2. The minimum Gasteiger partial charge on any atom is -0.481 e. The second-order valence-corrected chi connectivity index (χ2v) is 12.1. The first-order valence-corrected chi connectivity index (χ1v) is 16.0. The van der Waals surface area contributed by atoms with Gasteiger partial charge in [-0.3, -0.25) is 33.8 Å². The zero-order chi connectivity index (χ0) is 31.6. The van der Waals surface area contributed by atoms with Gasteiger partial charge in [0.1, 0.15) is 12.1 Å². The number of hydrogen-bond acceptors (Lipinski definition) is 7. The number of thioether (sulfide) groups is 1. The number of carboxylic acid groups (broad SMARTS) is 1. The molecule has 3 N–H and O–H groups in total. The van der Waals surface area contributed by atoms with E-state index in [4.69, 9.17) is 11.6 Å². The van der Waals surface area contributed by atoms with Gasteiger partial charge in [0.25, 0.3) is 5.91 Å². The van der Waals surface area contributed by atoms with E-state index in [1.807, 2.05) is 42.5 Å². The lowest BCUT2D eigenvalue weighted by atomic mass is 10.0. The second-order valence-electron chi connectivity index (χ2n) is 10.7. The molecule has 2 heterocycles. The van der Waals surface area contributed by atoms with Gasteiger partial charge in [0.15, 0.2) is 5.78 Å². The van der Waals surface area contributed by atoms with Crippen LogP contribution in [-0.4, -0.2) is 80.9 Å². The number of benzene rings is 2. The van der Waals surface area contributed by atoms with Crippen molar-refractivity contribution in [3.05, 3.63) is 70.7 Å². The Balaban J connectivity index is 1.42. The topological polar surface area (TPSA) is 153 Å². The third kappa shape index (κ3) is 8.82. The van der Waals surface area contributed by atoms with E-state index in [1.165, 1.54) is 16.8 Å². The Morgan fingerprint density at radius 2 is 1.75 bits per heavy atom. The van der Waals surface area contributed by atoms with Gasteiger partial charge in [-0.2, -0.15) is 0 Å². The molecule has 2 aliphatic rings. The van der Waals surface area contributed by atoms with Crippen LogP contribution >= 0.6 is 23.4 Å². The normalized spacial score (nSPS) is 19.0. The van der Waals surface area contributed by atoms with Crippen LogP contribution in [0.1, 0.15) is 49.7 Å². The van der Waals surface area contributed by atoms with Gasteiger partial charge < -0.3 is 15.7 Å². The number of aliphatic carboxylic acids is 1.